The van der Waals surface area contributed by atoms with Gasteiger partial charge < -0.3 is 15.4 Å². The molecule has 7 nitrogen and oxygen atoms in total. The minimum Gasteiger partial charge on any atom is -0.497 e. The number of ether oxygens (including phenoxy) is 1. The quantitative estimate of drug-likeness (QED) is 0.656. The first kappa shape index (κ1) is 19.9. The summed E-state index contributed by atoms with van der Waals surface area (Å²) in [5, 5.41) is 11.8. The van der Waals surface area contributed by atoms with Crippen molar-refractivity contribution in [3.63, 3.8) is 0 Å². The molecule has 0 atom stereocenters. The Hall–Kier alpha value is -3.35. The Morgan fingerprint density at radius 3 is 2.40 bits per heavy atom. The highest BCUT2D eigenvalue weighted by atomic mass is 16.5. The average Bonchev–Trinajstić information content (AvgIpc) is 3.32. The van der Waals surface area contributed by atoms with Crippen molar-refractivity contribution in [1.29, 1.82) is 0 Å². The highest BCUT2D eigenvalue weighted by Gasteiger charge is 2.21. The summed E-state index contributed by atoms with van der Waals surface area (Å²) in [5.41, 5.74) is 1.63. The predicted octanol–water partition coefficient (Wildman–Crippen LogP) is 3.52. The molecular formula is C23H26N4O3. The fraction of sp³-hybridized carbons (Fsp3) is 0.348. The molecule has 7 heteroatoms. The van der Waals surface area contributed by atoms with E-state index in [1.54, 1.807) is 11.8 Å². The van der Waals surface area contributed by atoms with Crippen molar-refractivity contribution in [1.82, 2.24) is 20.4 Å². The standard InChI is InChI=1S/C23H26N4O3/c1-30-18-12-10-16(11-13-18)14-24-23(29)25-15-21-19-8-4-5-9-20(19)22(28)27(26-21)17-6-2-3-7-17/h4-5,8-13,17H,2-3,6-7,14-15H2,1H3,(H2,24,25,29). The first-order valence-electron chi connectivity index (χ1n) is 10.3. The van der Waals surface area contributed by atoms with Crippen molar-refractivity contribution < 1.29 is 9.53 Å². The lowest BCUT2D eigenvalue weighted by atomic mass is 10.1. The SMILES string of the molecule is COc1ccc(CNC(=O)NCc2nn(C3CCCC3)c(=O)c3ccccc23)cc1. The number of amides is 2. The number of benzene rings is 2. The van der Waals surface area contributed by atoms with Gasteiger partial charge in [-0.3, -0.25) is 4.79 Å². The van der Waals surface area contributed by atoms with E-state index >= 15 is 0 Å². The molecule has 2 aromatic carbocycles. The fourth-order valence-corrected chi connectivity index (χ4v) is 3.95. The van der Waals surface area contributed by atoms with Gasteiger partial charge in [0.15, 0.2) is 0 Å². The van der Waals surface area contributed by atoms with Gasteiger partial charge in [-0.2, -0.15) is 5.10 Å². The van der Waals surface area contributed by atoms with E-state index in [0.29, 0.717) is 17.6 Å². The van der Waals surface area contributed by atoms with Crippen LogP contribution in [0.3, 0.4) is 0 Å². The molecule has 1 aromatic heterocycles. The molecule has 0 bridgehead atoms. The average molecular weight is 406 g/mol. The van der Waals surface area contributed by atoms with E-state index < -0.39 is 0 Å². The molecule has 4 rings (SSSR count). The Morgan fingerprint density at radius 2 is 1.70 bits per heavy atom. The molecule has 30 heavy (non-hydrogen) atoms. The summed E-state index contributed by atoms with van der Waals surface area (Å²) in [6.45, 7) is 0.660. The Bertz CT molecular complexity index is 1090. The Labute approximate surface area is 175 Å². The number of carbonyl (C=O) groups is 1. The number of carbonyl (C=O) groups excluding carboxylic acids is 1. The van der Waals surface area contributed by atoms with Gasteiger partial charge in [0.05, 0.1) is 30.8 Å². The number of aromatic nitrogens is 2. The molecular weight excluding hydrogens is 380 g/mol. The zero-order chi connectivity index (χ0) is 20.9. The Morgan fingerprint density at radius 1 is 1.03 bits per heavy atom. The molecule has 3 aromatic rings. The van der Waals surface area contributed by atoms with Crippen LogP contribution in [0.1, 0.15) is 43.0 Å². The van der Waals surface area contributed by atoms with Gasteiger partial charge in [0.2, 0.25) is 0 Å². The molecule has 0 spiro atoms. The van der Waals surface area contributed by atoms with Crippen LogP contribution in [-0.2, 0) is 13.1 Å². The van der Waals surface area contributed by atoms with Gasteiger partial charge in [0.1, 0.15) is 5.75 Å². The van der Waals surface area contributed by atoms with Crippen molar-refractivity contribution in [2.75, 3.05) is 7.11 Å². The van der Waals surface area contributed by atoms with E-state index in [4.69, 9.17) is 4.74 Å². The molecule has 0 radical (unpaired) electrons. The van der Waals surface area contributed by atoms with Crippen LogP contribution in [0.5, 0.6) is 5.75 Å². The zero-order valence-corrected chi connectivity index (χ0v) is 17.1. The minimum absolute atomic E-state index is 0.0507. The van der Waals surface area contributed by atoms with E-state index in [0.717, 1.165) is 42.4 Å². The summed E-state index contributed by atoms with van der Waals surface area (Å²) in [6.07, 6.45) is 4.18. The third-order valence-electron chi connectivity index (χ3n) is 5.60. The van der Waals surface area contributed by atoms with Crippen LogP contribution in [-0.4, -0.2) is 22.9 Å². The summed E-state index contributed by atoms with van der Waals surface area (Å²) in [5.74, 6) is 0.776. The maximum atomic E-state index is 12.9. The van der Waals surface area contributed by atoms with Gasteiger partial charge in [-0.15, -0.1) is 0 Å². The van der Waals surface area contributed by atoms with Gasteiger partial charge in [-0.25, -0.2) is 9.48 Å². The molecule has 0 saturated heterocycles. The lowest BCUT2D eigenvalue weighted by molar-refractivity contribution is 0.240. The molecule has 0 aliphatic heterocycles. The summed E-state index contributed by atoms with van der Waals surface area (Å²) < 4.78 is 6.77. The Balaban J connectivity index is 1.46. The van der Waals surface area contributed by atoms with Crippen LogP contribution in [0.2, 0.25) is 0 Å². The van der Waals surface area contributed by atoms with Crippen LogP contribution >= 0.6 is 0 Å². The highest BCUT2D eigenvalue weighted by Crippen LogP contribution is 2.28. The van der Waals surface area contributed by atoms with Crippen molar-refractivity contribution in [2.24, 2.45) is 0 Å². The molecule has 1 saturated carbocycles. The molecule has 156 valence electrons. The topological polar surface area (TPSA) is 85.2 Å². The largest absolute Gasteiger partial charge is 0.497 e. The Kier molecular flexibility index (Phi) is 5.97. The summed E-state index contributed by atoms with van der Waals surface area (Å²) in [6, 6.07) is 14.9. The predicted molar refractivity (Wildman–Crippen MR) is 116 cm³/mol. The van der Waals surface area contributed by atoms with Crippen molar-refractivity contribution in [3.05, 3.63) is 70.1 Å². The summed E-state index contributed by atoms with van der Waals surface area (Å²) in [7, 11) is 1.62. The molecule has 0 unspecified atom stereocenters. The van der Waals surface area contributed by atoms with Crippen LogP contribution in [0.25, 0.3) is 10.8 Å². The maximum Gasteiger partial charge on any atom is 0.315 e. The number of methoxy groups -OCH3 is 1. The van der Waals surface area contributed by atoms with Gasteiger partial charge in [-0.1, -0.05) is 43.2 Å². The number of urea groups is 1. The minimum atomic E-state index is -0.282. The monoisotopic (exact) mass is 406 g/mol. The van der Waals surface area contributed by atoms with Gasteiger partial charge >= 0.3 is 6.03 Å². The van der Waals surface area contributed by atoms with E-state index in [2.05, 4.69) is 15.7 Å². The van der Waals surface area contributed by atoms with Crippen molar-refractivity contribution >= 4 is 16.8 Å². The molecule has 2 N–H and O–H groups in total. The van der Waals surface area contributed by atoms with E-state index in [1.807, 2.05) is 48.5 Å². The molecule has 1 heterocycles. The van der Waals surface area contributed by atoms with Crippen LogP contribution < -0.4 is 20.9 Å². The lowest BCUT2D eigenvalue weighted by Gasteiger charge is -2.16. The van der Waals surface area contributed by atoms with Crippen LogP contribution in [0.15, 0.2) is 53.3 Å². The highest BCUT2D eigenvalue weighted by molar-refractivity contribution is 5.84. The molecule has 1 fully saturated rings. The number of hydrogen-bond donors (Lipinski definition) is 2. The van der Waals surface area contributed by atoms with Crippen molar-refractivity contribution in [3.8, 4) is 5.75 Å². The number of rotatable bonds is 6. The second kappa shape index (κ2) is 8.98. The third-order valence-corrected chi connectivity index (χ3v) is 5.60. The van der Waals surface area contributed by atoms with Gasteiger partial charge in [-0.05, 0) is 36.6 Å². The number of nitrogens with one attached hydrogen (secondary N) is 2. The first-order chi connectivity index (χ1) is 14.7. The number of nitrogens with zero attached hydrogens (tertiary/aromatic N) is 2. The van der Waals surface area contributed by atoms with Crippen molar-refractivity contribution in [2.45, 2.75) is 44.8 Å². The maximum absolute atomic E-state index is 12.9. The van der Waals surface area contributed by atoms with Crippen LogP contribution in [0.4, 0.5) is 4.79 Å². The summed E-state index contributed by atoms with van der Waals surface area (Å²) >= 11 is 0. The lowest BCUT2D eigenvalue weighted by Crippen LogP contribution is -2.36. The van der Waals surface area contributed by atoms with E-state index in [9.17, 15) is 9.59 Å². The number of hydrogen-bond acceptors (Lipinski definition) is 4. The third kappa shape index (κ3) is 4.30. The number of fused-ring (bicyclic) bond motifs is 1. The van der Waals surface area contributed by atoms with E-state index in [1.165, 1.54) is 0 Å². The summed E-state index contributed by atoms with van der Waals surface area (Å²) in [4.78, 5) is 25.2. The molecule has 1 aliphatic rings. The second-order valence-corrected chi connectivity index (χ2v) is 7.56. The second-order valence-electron chi connectivity index (χ2n) is 7.56. The van der Waals surface area contributed by atoms with Crippen LogP contribution in [0, 0.1) is 0 Å². The van der Waals surface area contributed by atoms with E-state index in [-0.39, 0.29) is 24.2 Å². The normalized spacial score (nSPS) is 14.0. The first-order valence-corrected chi connectivity index (χ1v) is 10.3. The smallest absolute Gasteiger partial charge is 0.315 e. The van der Waals surface area contributed by atoms with Gasteiger partial charge in [0.25, 0.3) is 5.56 Å². The van der Waals surface area contributed by atoms with Gasteiger partial charge in [0, 0.05) is 11.9 Å². The molecule has 2 amide bonds. The fourth-order valence-electron chi connectivity index (χ4n) is 3.95. The molecule has 1 aliphatic carbocycles. The zero-order valence-electron chi connectivity index (χ0n) is 17.1.